The number of anilines is 2. The Morgan fingerprint density at radius 1 is 1.25 bits per heavy atom. The van der Waals surface area contributed by atoms with Crippen LogP contribution in [-0.2, 0) is 16.4 Å². The Kier molecular flexibility index (Phi) is 4.64. The Morgan fingerprint density at radius 3 is 2.71 bits per heavy atom. The summed E-state index contributed by atoms with van der Waals surface area (Å²) < 4.78 is 25.6. The Hall–Kier alpha value is -2.78. The van der Waals surface area contributed by atoms with Gasteiger partial charge in [0, 0.05) is 34.9 Å². The van der Waals surface area contributed by atoms with Gasteiger partial charge in [0.25, 0.3) is 5.91 Å². The van der Waals surface area contributed by atoms with Crippen molar-refractivity contribution in [1.82, 2.24) is 9.97 Å². The Labute approximate surface area is 167 Å². The molecule has 4 rings (SSSR count). The van der Waals surface area contributed by atoms with Crippen LogP contribution in [0.3, 0.4) is 0 Å². The molecule has 3 aromatic rings. The van der Waals surface area contributed by atoms with E-state index in [9.17, 15) is 13.2 Å². The minimum atomic E-state index is -3.31. The summed E-state index contributed by atoms with van der Waals surface area (Å²) in [6, 6.07) is 8.83. The first-order valence-electron chi connectivity index (χ1n) is 8.62. The van der Waals surface area contributed by atoms with Crippen molar-refractivity contribution in [3.8, 4) is 11.3 Å². The van der Waals surface area contributed by atoms with Gasteiger partial charge in [-0.05, 0) is 43.2 Å². The van der Waals surface area contributed by atoms with E-state index in [1.807, 2.05) is 30.5 Å². The van der Waals surface area contributed by atoms with E-state index in [2.05, 4.69) is 15.3 Å². The normalized spacial score (nSPS) is 16.1. The molecule has 1 aromatic carbocycles. The number of rotatable bonds is 4. The number of aromatic nitrogens is 2. The van der Waals surface area contributed by atoms with E-state index in [4.69, 9.17) is 0 Å². The zero-order valence-electron chi connectivity index (χ0n) is 15.3. The molecule has 0 radical (unpaired) electrons. The molecule has 0 fully saturated rings. The molecule has 1 aliphatic heterocycles. The van der Waals surface area contributed by atoms with E-state index in [0.717, 1.165) is 22.5 Å². The summed E-state index contributed by atoms with van der Waals surface area (Å²) in [5, 5.41) is 5.16. The summed E-state index contributed by atoms with van der Waals surface area (Å²) in [5.74, 6) is -0.241. The number of nitrogens with zero attached hydrogens (tertiary/aromatic N) is 3. The quantitative estimate of drug-likeness (QED) is 0.708. The lowest BCUT2D eigenvalue weighted by atomic mass is 10.1. The van der Waals surface area contributed by atoms with Gasteiger partial charge in [-0.1, -0.05) is 6.07 Å². The van der Waals surface area contributed by atoms with Crippen molar-refractivity contribution in [3.05, 3.63) is 59.2 Å². The van der Waals surface area contributed by atoms with Gasteiger partial charge in [0.15, 0.2) is 5.13 Å². The van der Waals surface area contributed by atoms with Crippen LogP contribution in [0.15, 0.2) is 48.1 Å². The number of pyridine rings is 1. The summed E-state index contributed by atoms with van der Waals surface area (Å²) in [4.78, 5) is 20.6. The van der Waals surface area contributed by atoms with Crippen LogP contribution in [0.25, 0.3) is 11.3 Å². The number of carbonyl (C=O) groups is 1. The molecule has 0 bridgehead atoms. The topological polar surface area (TPSA) is 92.3 Å². The molecule has 9 heteroatoms. The minimum absolute atomic E-state index is 0.106. The Bertz CT molecular complexity index is 1140. The van der Waals surface area contributed by atoms with Gasteiger partial charge in [0.1, 0.15) is 0 Å². The molecule has 0 unspecified atom stereocenters. The number of hydrogen-bond acceptors (Lipinski definition) is 6. The highest BCUT2D eigenvalue weighted by Gasteiger charge is 2.32. The fourth-order valence-electron chi connectivity index (χ4n) is 3.40. The second kappa shape index (κ2) is 6.99. The number of sulfonamides is 1. The van der Waals surface area contributed by atoms with Crippen LogP contribution in [0.1, 0.15) is 22.8 Å². The van der Waals surface area contributed by atoms with Gasteiger partial charge in [-0.15, -0.1) is 11.3 Å². The van der Waals surface area contributed by atoms with Gasteiger partial charge in [0.2, 0.25) is 10.0 Å². The Morgan fingerprint density at radius 2 is 2.00 bits per heavy atom. The number of hydrogen-bond donors (Lipinski definition) is 1. The van der Waals surface area contributed by atoms with Crippen LogP contribution in [0.5, 0.6) is 0 Å². The van der Waals surface area contributed by atoms with Crippen molar-refractivity contribution in [2.45, 2.75) is 19.4 Å². The number of thiazole rings is 1. The molecule has 7 nitrogen and oxygen atoms in total. The third-order valence-corrected chi connectivity index (χ3v) is 6.58. The number of carbonyl (C=O) groups excluding carboxylic acids is 1. The molecule has 0 saturated heterocycles. The maximum Gasteiger partial charge on any atom is 0.257 e. The highest BCUT2D eigenvalue weighted by molar-refractivity contribution is 7.92. The lowest BCUT2D eigenvalue weighted by Crippen LogP contribution is -2.34. The largest absolute Gasteiger partial charge is 0.298 e. The highest BCUT2D eigenvalue weighted by Crippen LogP contribution is 2.37. The molecule has 0 aliphatic carbocycles. The molecule has 1 amide bonds. The van der Waals surface area contributed by atoms with Gasteiger partial charge in [0.05, 0.1) is 17.6 Å². The minimum Gasteiger partial charge on any atom is -0.298 e. The predicted molar refractivity (Wildman–Crippen MR) is 110 cm³/mol. The molecular formula is C19H18N4O3S2. The van der Waals surface area contributed by atoms with E-state index < -0.39 is 10.0 Å². The summed E-state index contributed by atoms with van der Waals surface area (Å²) in [5.41, 5.74) is 3.84. The first kappa shape index (κ1) is 18.6. The average molecular weight is 415 g/mol. The van der Waals surface area contributed by atoms with Gasteiger partial charge in [-0.3, -0.25) is 19.4 Å². The van der Waals surface area contributed by atoms with E-state index in [-0.39, 0.29) is 11.9 Å². The SMILES string of the molecule is C[C@@H]1Cc2cc(-c3csc(NC(=O)c4ccncc4)n3)ccc2N1S(C)(=O)=O. The van der Waals surface area contributed by atoms with Gasteiger partial charge in [-0.2, -0.15) is 0 Å². The van der Waals surface area contributed by atoms with Gasteiger partial charge >= 0.3 is 0 Å². The van der Waals surface area contributed by atoms with Crippen LogP contribution in [-0.4, -0.2) is 36.6 Å². The lowest BCUT2D eigenvalue weighted by molar-refractivity contribution is 0.102. The number of fused-ring (bicyclic) bond motifs is 1. The van der Waals surface area contributed by atoms with E-state index >= 15 is 0 Å². The van der Waals surface area contributed by atoms with Crippen LogP contribution in [0.4, 0.5) is 10.8 Å². The summed E-state index contributed by atoms with van der Waals surface area (Å²) in [6.07, 6.45) is 5.01. The van der Waals surface area contributed by atoms with Gasteiger partial charge in [-0.25, -0.2) is 13.4 Å². The predicted octanol–water partition coefficient (Wildman–Crippen LogP) is 3.17. The first-order valence-corrected chi connectivity index (χ1v) is 11.4. The van der Waals surface area contributed by atoms with Crippen LogP contribution < -0.4 is 9.62 Å². The zero-order valence-corrected chi connectivity index (χ0v) is 16.9. The van der Waals surface area contributed by atoms with Crippen molar-refractivity contribution in [2.24, 2.45) is 0 Å². The third-order valence-electron chi connectivity index (χ3n) is 4.55. The van der Waals surface area contributed by atoms with E-state index in [1.165, 1.54) is 21.9 Å². The van der Waals surface area contributed by atoms with Crippen molar-refractivity contribution < 1.29 is 13.2 Å². The van der Waals surface area contributed by atoms with E-state index in [0.29, 0.717) is 17.1 Å². The summed E-state index contributed by atoms with van der Waals surface area (Å²) in [7, 11) is -3.31. The summed E-state index contributed by atoms with van der Waals surface area (Å²) in [6.45, 7) is 1.90. The number of nitrogens with one attached hydrogen (secondary N) is 1. The van der Waals surface area contributed by atoms with Crippen molar-refractivity contribution in [1.29, 1.82) is 0 Å². The maximum absolute atomic E-state index is 12.2. The molecule has 0 spiro atoms. The second-order valence-corrected chi connectivity index (χ2v) is 9.40. The smallest absolute Gasteiger partial charge is 0.257 e. The fraction of sp³-hybridized carbons (Fsp3) is 0.211. The standard InChI is InChI=1S/C19H18N4O3S2/c1-12-9-15-10-14(3-4-17(15)23(12)28(2,25)26)16-11-27-19(21-16)22-18(24)13-5-7-20-8-6-13/h3-8,10-12H,9H2,1-2H3,(H,21,22,24)/t12-/m1/s1. The monoisotopic (exact) mass is 414 g/mol. The molecule has 1 aliphatic rings. The van der Waals surface area contributed by atoms with Crippen LogP contribution in [0, 0.1) is 0 Å². The van der Waals surface area contributed by atoms with Crippen molar-refractivity contribution in [3.63, 3.8) is 0 Å². The third kappa shape index (κ3) is 3.50. The average Bonchev–Trinajstić information content (AvgIpc) is 3.24. The maximum atomic E-state index is 12.2. The fourth-order valence-corrected chi connectivity index (χ4v) is 5.38. The molecule has 1 atom stereocenters. The van der Waals surface area contributed by atoms with Gasteiger partial charge < -0.3 is 0 Å². The molecular weight excluding hydrogens is 396 g/mol. The molecule has 0 saturated carbocycles. The first-order chi connectivity index (χ1) is 13.3. The highest BCUT2D eigenvalue weighted by atomic mass is 32.2. The van der Waals surface area contributed by atoms with Crippen LogP contribution >= 0.6 is 11.3 Å². The molecule has 28 heavy (non-hydrogen) atoms. The van der Waals surface area contributed by atoms with E-state index in [1.54, 1.807) is 24.5 Å². The molecule has 3 heterocycles. The van der Waals surface area contributed by atoms with Crippen molar-refractivity contribution in [2.75, 3.05) is 15.9 Å². The molecule has 1 N–H and O–H groups in total. The van der Waals surface area contributed by atoms with Crippen molar-refractivity contribution >= 4 is 38.1 Å². The lowest BCUT2D eigenvalue weighted by Gasteiger charge is -2.21. The summed E-state index contributed by atoms with van der Waals surface area (Å²) >= 11 is 1.34. The zero-order chi connectivity index (χ0) is 19.9. The second-order valence-electron chi connectivity index (χ2n) is 6.68. The molecule has 2 aromatic heterocycles. The van der Waals surface area contributed by atoms with Crippen LogP contribution in [0.2, 0.25) is 0 Å². The molecule has 144 valence electrons. The Balaban J connectivity index is 1.57. The number of benzene rings is 1. The number of amides is 1.